The number of hydrogen-bond acceptors (Lipinski definition) is 4. The second-order valence-corrected chi connectivity index (χ2v) is 4.64. The van der Waals surface area contributed by atoms with Crippen LogP contribution in [0.3, 0.4) is 0 Å². The topological polar surface area (TPSA) is 55.8 Å². The number of carbonyl (C=O) groups is 1. The zero-order valence-electron chi connectivity index (χ0n) is 9.73. The van der Waals surface area contributed by atoms with Crippen LogP contribution in [-0.4, -0.2) is 35.5 Å². The number of allylic oxidation sites excluding steroid dienone is 2. The number of ether oxygens (including phenoxy) is 2. The minimum absolute atomic E-state index is 0.174. The Morgan fingerprint density at radius 3 is 2.83 bits per heavy atom. The molecule has 0 spiro atoms. The molecule has 3 heterocycles. The van der Waals surface area contributed by atoms with Crippen molar-refractivity contribution in [2.75, 3.05) is 0 Å². The van der Waals surface area contributed by atoms with Crippen molar-refractivity contribution in [3.8, 4) is 0 Å². The molecule has 3 aliphatic rings. The van der Waals surface area contributed by atoms with Gasteiger partial charge in [0, 0.05) is 6.08 Å². The lowest BCUT2D eigenvalue weighted by molar-refractivity contribution is -0.153. The molecule has 0 aromatic heterocycles. The number of rotatable bonds is 1. The molecule has 1 saturated heterocycles. The molecule has 1 fully saturated rings. The lowest BCUT2D eigenvalue weighted by Crippen LogP contribution is -2.42. The van der Waals surface area contributed by atoms with Crippen LogP contribution in [0.4, 0.5) is 0 Å². The van der Waals surface area contributed by atoms with E-state index in [-0.39, 0.29) is 18.1 Å². The van der Waals surface area contributed by atoms with Gasteiger partial charge in [0.1, 0.15) is 12.2 Å². The minimum Gasteiger partial charge on any atom is -0.455 e. The predicted molar refractivity (Wildman–Crippen MR) is 64.6 cm³/mol. The third-order valence-electron chi connectivity index (χ3n) is 3.52. The zero-order chi connectivity index (χ0) is 12.7. The Labute approximate surface area is 105 Å². The quantitative estimate of drug-likeness (QED) is 0.551. The molecule has 0 aromatic rings. The lowest BCUT2D eigenvalue weighted by atomic mass is 9.84. The maximum absolute atomic E-state index is 11.3. The molecule has 0 radical (unpaired) electrons. The number of hydrogen-bond donors (Lipinski definition) is 1. The second kappa shape index (κ2) is 4.23. The normalized spacial score (nSPS) is 41.9. The van der Waals surface area contributed by atoms with Crippen LogP contribution in [-0.2, 0) is 14.3 Å². The van der Waals surface area contributed by atoms with Gasteiger partial charge >= 0.3 is 5.97 Å². The van der Waals surface area contributed by atoms with E-state index in [1.54, 1.807) is 0 Å². The van der Waals surface area contributed by atoms with Crippen molar-refractivity contribution in [1.29, 1.82) is 0 Å². The maximum atomic E-state index is 11.3. The van der Waals surface area contributed by atoms with Crippen molar-refractivity contribution in [1.82, 2.24) is 0 Å². The number of aliphatic hydroxyl groups is 1. The standard InChI is InChI=1S/C14H14O4/c1-8-10-4-2-3-5-11(17-10)13(8)14-9(15)6-7-12(16)18-14/h2-7,9-11,13-15H,1H2/t9-,10+,11-,13+,14+/m1/s1. The lowest BCUT2D eigenvalue weighted by Gasteiger charge is -2.31. The van der Waals surface area contributed by atoms with E-state index < -0.39 is 18.2 Å². The summed E-state index contributed by atoms with van der Waals surface area (Å²) in [4.78, 5) is 11.3. The third kappa shape index (κ3) is 1.74. The molecule has 4 heteroatoms. The molecule has 0 unspecified atom stereocenters. The summed E-state index contributed by atoms with van der Waals surface area (Å²) < 4.78 is 11.0. The van der Waals surface area contributed by atoms with E-state index in [0.29, 0.717) is 0 Å². The van der Waals surface area contributed by atoms with Gasteiger partial charge in [0.25, 0.3) is 0 Å². The first kappa shape index (κ1) is 11.4. The summed E-state index contributed by atoms with van der Waals surface area (Å²) in [5.74, 6) is -0.642. The van der Waals surface area contributed by atoms with Gasteiger partial charge in [-0.2, -0.15) is 0 Å². The Kier molecular flexibility index (Phi) is 2.69. The van der Waals surface area contributed by atoms with Gasteiger partial charge in [0.2, 0.25) is 0 Å². The van der Waals surface area contributed by atoms with E-state index in [0.717, 1.165) is 5.57 Å². The fourth-order valence-corrected chi connectivity index (χ4v) is 2.63. The molecule has 0 aliphatic carbocycles. The highest BCUT2D eigenvalue weighted by Gasteiger charge is 2.46. The highest BCUT2D eigenvalue weighted by molar-refractivity contribution is 5.83. The maximum Gasteiger partial charge on any atom is 0.330 e. The zero-order valence-corrected chi connectivity index (χ0v) is 9.73. The van der Waals surface area contributed by atoms with Crippen molar-refractivity contribution in [2.24, 2.45) is 5.92 Å². The van der Waals surface area contributed by atoms with Crippen LogP contribution in [0.25, 0.3) is 0 Å². The van der Waals surface area contributed by atoms with Gasteiger partial charge in [-0.05, 0) is 11.6 Å². The molecule has 18 heavy (non-hydrogen) atoms. The largest absolute Gasteiger partial charge is 0.455 e. The van der Waals surface area contributed by atoms with Crippen molar-refractivity contribution in [2.45, 2.75) is 24.4 Å². The summed E-state index contributed by atoms with van der Waals surface area (Å²) >= 11 is 0. The summed E-state index contributed by atoms with van der Waals surface area (Å²) in [6.07, 6.45) is 8.50. The first-order chi connectivity index (χ1) is 8.66. The van der Waals surface area contributed by atoms with Crippen LogP contribution < -0.4 is 0 Å². The average molecular weight is 246 g/mol. The van der Waals surface area contributed by atoms with Gasteiger partial charge in [0.15, 0.2) is 0 Å². The summed E-state index contributed by atoms with van der Waals surface area (Å²) in [7, 11) is 0. The monoisotopic (exact) mass is 246 g/mol. The Hall–Kier alpha value is -1.65. The summed E-state index contributed by atoms with van der Waals surface area (Å²) in [5, 5.41) is 9.95. The molecule has 4 nitrogen and oxygen atoms in total. The molecule has 94 valence electrons. The predicted octanol–water partition coefficient (Wildman–Crippen LogP) is 0.895. The Balaban J connectivity index is 1.90. The van der Waals surface area contributed by atoms with E-state index in [9.17, 15) is 9.90 Å². The number of esters is 1. The second-order valence-electron chi connectivity index (χ2n) is 4.64. The molecule has 3 rings (SSSR count). The Morgan fingerprint density at radius 1 is 1.22 bits per heavy atom. The fraction of sp³-hybridized carbons (Fsp3) is 0.357. The Morgan fingerprint density at radius 2 is 2.00 bits per heavy atom. The molecular weight excluding hydrogens is 232 g/mol. The number of fused-ring (bicyclic) bond motifs is 2. The SMILES string of the molecule is C=C1[C@H]([C@H]2OC(=O)C=C[C@H]2O)[C@H]2C=CC=C[C@@H]1O2. The van der Waals surface area contributed by atoms with Gasteiger partial charge < -0.3 is 14.6 Å². The highest BCUT2D eigenvalue weighted by atomic mass is 16.6. The van der Waals surface area contributed by atoms with Gasteiger partial charge in [-0.1, -0.05) is 30.9 Å². The van der Waals surface area contributed by atoms with Crippen molar-refractivity contribution >= 4 is 5.97 Å². The van der Waals surface area contributed by atoms with Crippen LogP contribution in [0.15, 0.2) is 48.6 Å². The van der Waals surface area contributed by atoms with E-state index in [4.69, 9.17) is 9.47 Å². The van der Waals surface area contributed by atoms with Gasteiger partial charge in [-0.15, -0.1) is 0 Å². The minimum atomic E-state index is -0.814. The van der Waals surface area contributed by atoms with E-state index >= 15 is 0 Å². The molecule has 1 N–H and O–H groups in total. The van der Waals surface area contributed by atoms with Crippen molar-refractivity contribution in [3.05, 3.63) is 48.6 Å². The van der Waals surface area contributed by atoms with Crippen LogP contribution in [0.1, 0.15) is 0 Å². The molecule has 3 aliphatic heterocycles. The van der Waals surface area contributed by atoms with Crippen LogP contribution in [0.5, 0.6) is 0 Å². The van der Waals surface area contributed by atoms with Gasteiger partial charge in [0.05, 0.1) is 18.1 Å². The summed E-state index contributed by atoms with van der Waals surface area (Å²) in [6, 6.07) is 0. The van der Waals surface area contributed by atoms with Crippen LogP contribution in [0.2, 0.25) is 0 Å². The fourth-order valence-electron chi connectivity index (χ4n) is 2.63. The number of carbonyl (C=O) groups excluding carboxylic acids is 1. The average Bonchev–Trinajstić information content (AvgIpc) is 2.54. The third-order valence-corrected chi connectivity index (χ3v) is 3.52. The van der Waals surface area contributed by atoms with Gasteiger partial charge in [-0.3, -0.25) is 0 Å². The smallest absolute Gasteiger partial charge is 0.330 e. The molecule has 0 aromatic carbocycles. The molecule has 0 saturated carbocycles. The van der Waals surface area contributed by atoms with E-state index in [2.05, 4.69) is 6.58 Å². The number of cyclic esters (lactones) is 1. The first-order valence-electron chi connectivity index (χ1n) is 5.93. The summed E-state index contributed by atoms with van der Waals surface area (Å²) in [6.45, 7) is 4.02. The molecular formula is C14H14O4. The number of aliphatic hydroxyl groups excluding tert-OH is 1. The Bertz CT molecular complexity index is 474. The first-order valence-corrected chi connectivity index (χ1v) is 5.93. The van der Waals surface area contributed by atoms with Gasteiger partial charge in [-0.25, -0.2) is 4.79 Å². The van der Waals surface area contributed by atoms with Crippen molar-refractivity contribution in [3.63, 3.8) is 0 Å². The van der Waals surface area contributed by atoms with Crippen molar-refractivity contribution < 1.29 is 19.4 Å². The van der Waals surface area contributed by atoms with E-state index in [1.807, 2.05) is 24.3 Å². The van der Waals surface area contributed by atoms with Crippen LogP contribution in [0, 0.1) is 5.92 Å². The van der Waals surface area contributed by atoms with E-state index in [1.165, 1.54) is 12.2 Å². The highest BCUT2D eigenvalue weighted by Crippen LogP contribution is 2.39. The summed E-state index contributed by atoms with van der Waals surface area (Å²) in [5.41, 5.74) is 0.841. The molecule has 5 atom stereocenters. The molecule has 2 bridgehead atoms. The molecule has 0 amide bonds. The van der Waals surface area contributed by atoms with Crippen LogP contribution >= 0.6 is 0 Å².